The number of carbonyl (C=O) groups is 3. The minimum atomic E-state index is -0.246. The van der Waals surface area contributed by atoms with Crippen LogP contribution in [0.4, 0.5) is 10.5 Å². The Morgan fingerprint density at radius 3 is 2.39 bits per heavy atom. The SMILES string of the molecule is O=C(NC1CC1)c1cccc(NC(=O)N2CCN(C(=O)c3ccco3)CC2)c1. The van der Waals surface area contributed by atoms with Gasteiger partial charge in [0, 0.05) is 43.5 Å². The number of furan rings is 1. The third kappa shape index (κ3) is 4.16. The van der Waals surface area contributed by atoms with Crippen molar-refractivity contribution >= 4 is 23.5 Å². The van der Waals surface area contributed by atoms with E-state index < -0.39 is 0 Å². The van der Waals surface area contributed by atoms with E-state index in [-0.39, 0.29) is 23.9 Å². The average molecular weight is 382 g/mol. The molecule has 8 nitrogen and oxygen atoms in total. The first kappa shape index (κ1) is 18.1. The van der Waals surface area contributed by atoms with E-state index in [1.807, 2.05) is 0 Å². The van der Waals surface area contributed by atoms with Gasteiger partial charge in [0.05, 0.1) is 6.26 Å². The highest BCUT2D eigenvalue weighted by atomic mass is 16.3. The zero-order valence-corrected chi connectivity index (χ0v) is 15.4. The molecule has 2 aliphatic rings. The van der Waals surface area contributed by atoms with Crippen molar-refractivity contribution in [2.24, 2.45) is 0 Å². The molecule has 1 aromatic heterocycles. The molecule has 2 aromatic rings. The third-order valence-corrected chi connectivity index (χ3v) is 4.87. The molecule has 1 saturated heterocycles. The van der Waals surface area contributed by atoms with Gasteiger partial charge in [-0.05, 0) is 43.2 Å². The maximum atomic E-state index is 12.5. The van der Waals surface area contributed by atoms with Crippen molar-refractivity contribution in [2.45, 2.75) is 18.9 Å². The summed E-state index contributed by atoms with van der Waals surface area (Å²) in [6, 6.07) is 10.2. The second-order valence-electron chi connectivity index (χ2n) is 7.02. The molecular weight excluding hydrogens is 360 g/mol. The van der Waals surface area contributed by atoms with Crippen LogP contribution in [0.2, 0.25) is 0 Å². The summed E-state index contributed by atoms with van der Waals surface area (Å²) in [5, 5.41) is 5.77. The summed E-state index contributed by atoms with van der Waals surface area (Å²) in [6.45, 7) is 1.74. The quantitative estimate of drug-likeness (QED) is 0.847. The second-order valence-corrected chi connectivity index (χ2v) is 7.02. The molecule has 4 rings (SSSR count). The van der Waals surface area contributed by atoms with Crippen molar-refractivity contribution in [3.8, 4) is 0 Å². The number of anilines is 1. The molecule has 0 spiro atoms. The average Bonchev–Trinajstić information content (AvgIpc) is 3.36. The lowest BCUT2D eigenvalue weighted by atomic mass is 10.2. The molecule has 28 heavy (non-hydrogen) atoms. The van der Waals surface area contributed by atoms with Gasteiger partial charge >= 0.3 is 6.03 Å². The molecular formula is C20H22N4O4. The predicted octanol–water partition coefficient (Wildman–Crippen LogP) is 2.16. The van der Waals surface area contributed by atoms with Gasteiger partial charge in [-0.15, -0.1) is 0 Å². The third-order valence-electron chi connectivity index (χ3n) is 4.87. The first-order valence-corrected chi connectivity index (χ1v) is 9.40. The van der Waals surface area contributed by atoms with E-state index in [1.165, 1.54) is 6.26 Å². The Morgan fingerprint density at radius 2 is 1.71 bits per heavy atom. The van der Waals surface area contributed by atoms with Crippen LogP contribution in [0.15, 0.2) is 47.1 Å². The lowest BCUT2D eigenvalue weighted by molar-refractivity contribution is 0.0640. The van der Waals surface area contributed by atoms with Crippen LogP contribution in [0.5, 0.6) is 0 Å². The number of nitrogens with one attached hydrogen (secondary N) is 2. The molecule has 2 heterocycles. The molecule has 1 aliphatic heterocycles. The Bertz CT molecular complexity index is 868. The van der Waals surface area contributed by atoms with Crippen molar-refractivity contribution in [2.75, 3.05) is 31.5 Å². The van der Waals surface area contributed by atoms with Gasteiger partial charge in [-0.2, -0.15) is 0 Å². The lowest BCUT2D eigenvalue weighted by Gasteiger charge is -2.34. The molecule has 0 radical (unpaired) electrons. The summed E-state index contributed by atoms with van der Waals surface area (Å²) in [7, 11) is 0. The summed E-state index contributed by atoms with van der Waals surface area (Å²) in [5.41, 5.74) is 1.10. The number of carbonyl (C=O) groups excluding carboxylic acids is 3. The van der Waals surface area contributed by atoms with E-state index in [0.29, 0.717) is 43.2 Å². The Balaban J connectivity index is 1.31. The van der Waals surface area contributed by atoms with Crippen molar-refractivity contribution in [3.05, 3.63) is 54.0 Å². The molecule has 2 fully saturated rings. The summed E-state index contributed by atoms with van der Waals surface area (Å²) in [5.74, 6) is 0.0160. The number of benzene rings is 1. The van der Waals surface area contributed by atoms with Crippen molar-refractivity contribution in [3.63, 3.8) is 0 Å². The molecule has 2 N–H and O–H groups in total. The smallest absolute Gasteiger partial charge is 0.321 e. The van der Waals surface area contributed by atoms with Crippen LogP contribution in [0.1, 0.15) is 33.8 Å². The van der Waals surface area contributed by atoms with Crippen LogP contribution in [0.25, 0.3) is 0 Å². The Labute approximate surface area is 162 Å². The number of hydrogen-bond donors (Lipinski definition) is 2. The zero-order chi connectivity index (χ0) is 19.5. The minimum absolute atomic E-state index is 0.122. The van der Waals surface area contributed by atoms with Gasteiger partial charge in [0.1, 0.15) is 0 Å². The Morgan fingerprint density at radius 1 is 0.964 bits per heavy atom. The van der Waals surface area contributed by atoms with Gasteiger partial charge in [-0.3, -0.25) is 9.59 Å². The largest absolute Gasteiger partial charge is 0.459 e. The van der Waals surface area contributed by atoms with Gasteiger partial charge in [0.15, 0.2) is 5.76 Å². The van der Waals surface area contributed by atoms with Gasteiger partial charge in [0.25, 0.3) is 11.8 Å². The number of rotatable bonds is 4. The van der Waals surface area contributed by atoms with E-state index in [0.717, 1.165) is 12.8 Å². The summed E-state index contributed by atoms with van der Waals surface area (Å²) in [6.07, 6.45) is 3.52. The van der Waals surface area contributed by atoms with Crippen LogP contribution < -0.4 is 10.6 Å². The molecule has 4 amide bonds. The highest BCUT2D eigenvalue weighted by molar-refractivity contribution is 5.97. The van der Waals surface area contributed by atoms with Gasteiger partial charge in [-0.1, -0.05) is 6.07 Å². The standard InChI is InChI=1S/C20H22N4O4/c25-18(21-15-6-7-15)14-3-1-4-16(13-14)22-20(27)24-10-8-23(9-11-24)19(26)17-5-2-12-28-17/h1-5,12-13,15H,6-11H2,(H,21,25)(H,22,27). The van der Waals surface area contributed by atoms with Crippen LogP contribution in [0.3, 0.4) is 0 Å². The molecule has 1 saturated carbocycles. The second kappa shape index (κ2) is 7.75. The molecule has 1 aliphatic carbocycles. The fraction of sp³-hybridized carbons (Fsp3) is 0.350. The number of hydrogen-bond acceptors (Lipinski definition) is 4. The molecule has 0 unspecified atom stereocenters. The summed E-state index contributed by atoms with van der Waals surface area (Å²) < 4.78 is 5.14. The number of urea groups is 1. The van der Waals surface area contributed by atoms with E-state index >= 15 is 0 Å². The highest BCUT2D eigenvalue weighted by Gasteiger charge is 2.26. The first-order chi connectivity index (χ1) is 13.6. The van der Waals surface area contributed by atoms with Crippen LogP contribution in [-0.4, -0.2) is 59.9 Å². The molecule has 0 atom stereocenters. The Kier molecular flexibility index (Phi) is 5.01. The topological polar surface area (TPSA) is 94.9 Å². The first-order valence-electron chi connectivity index (χ1n) is 9.40. The van der Waals surface area contributed by atoms with E-state index in [2.05, 4.69) is 10.6 Å². The predicted molar refractivity (Wildman–Crippen MR) is 102 cm³/mol. The zero-order valence-electron chi connectivity index (χ0n) is 15.4. The van der Waals surface area contributed by atoms with Crippen LogP contribution >= 0.6 is 0 Å². The monoisotopic (exact) mass is 382 g/mol. The molecule has 146 valence electrons. The fourth-order valence-corrected chi connectivity index (χ4v) is 3.11. The molecule has 0 bridgehead atoms. The number of amides is 4. The summed E-state index contributed by atoms with van der Waals surface area (Å²) >= 11 is 0. The van der Waals surface area contributed by atoms with E-state index in [9.17, 15) is 14.4 Å². The lowest BCUT2D eigenvalue weighted by Crippen LogP contribution is -2.51. The van der Waals surface area contributed by atoms with Gasteiger partial charge in [-0.25, -0.2) is 4.79 Å². The van der Waals surface area contributed by atoms with Crippen molar-refractivity contribution in [1.82, 2.24) is 15.1 Å². The molecule has 8 heteroatoms. The summed E-state index contributed by atoms with van der Waals surface area (Å²) in [4.78, 5) is 40.3. The van der Waals surface area contributed by atoms with Gasteiger partial charge < -0.3 is 24.9 Å². The van der Waals surface area contributed by atoms with Crippen molar-refractivity contribution < 1.29 is 18.8 Å². The van der Waals surface area contributed by atoms with E-state index in [4.69, 9.17) is 4.42 Å². The van der Waals surface area contributed by atoms with E-state index in [1.54, 1.807) is 46.2 Å². The number of nitrogens with zero attached hydrogens (tertiary/aromatic N) is 2. The molecule has 1 aromatic carbocycles. The maximum Gasteiger partial charge on any atom is 0.321 e. The minimum Gasteiger partial charge on any atom is -0.459 e. The normalized spacial score (nSPS) is 16.6. The van der Waals surface area contributed by atoms with Crippen molar-refractivity contribution in [1.29, 1.82) is 0 Å². The van der Waals surface area contributed by atoms with Gasteiger partial charge in [0.2, 0.25) is 0 Å². The number of piperazine rings is 1. The Hall–Kier alpha value is -3.29. The fourth-order valence-electron chi connectivity index (χ4n) is 3.11. The maximum absolute atomic E-state index is 12.5. The highest BCUT2D eigenvalue weighted by Crippen LogP contribution is 2.20. The van der Waals surface area contributed by atoms with Crippen LogP contribution in [-0.2, 0) is 0 Å². The van der Waals surface area contributed by atoms with Crippen LogP contribution in [0, 0.1) is 0 Å².